The van der Waals surface area contributed by atoms with E-state index in [0.717, 1.165) is 48.5 Å². The third-order valence-corrected chi connectivity index (χ3v) is 7.92. The first kappa shape index (κ1) is 21.9. The number of nitrogens with zero attached hydrogens (tertiary/aromatic N) is 6. The molecule has 1 saturated carbocycles. The van der Waals surface area contributed by atoms with Crippen LogP contribution in [0, 0.1) is 17.0 Å². The molecule has 9 heteroatoms. The second-order valence-electron chi connectivity index (χ2n) is 9.99. The third kappa shape index (κ3) is 3.00. The van der Waals surface area contributed by atoms with E-state index in [0.29, 0.717) is 11.5 Å². The topological polar surface area (TPSA) is 93.1 Å². The monoisotopic (exact) mass is 473 g/mol. The maximum absolute atomic E-state index is 14.5. The summed E-state index contributed by atoms with van der Waals surface area (Å²) >= 11 is 0. The molecule has 2 aliphatic rings. The molecular formula is C26H25F2N7. The third-order valence-electron chi connectivity index (χ3n) is 7.92. The summed E-state index contributed by atoms with van der Waals surface area (Å²) in [5.41, 5.74) is 2.49. The Morgan fingerprint density at radius 1 is 1.06 bits per heavy atom. The van der Waals surface area contributed by atoms with Crippen molar-refractivity contribution in [1.82, 2.24) is 35.3 Å². The van der Waals surface area contributed by atoms with Gasteiger partial charge in [0, 0.05) is 12.6 Å². The van der Waals surface area contributed by atoms with Crippen LogP contribution in [0.25, 0.3) is 22.8 Å². The summed E-state index contributed by atoms with van der Waals surface area (Å²) in [6, 6.07) is 5.63. The summed E-state index contributed by atoms with van der Waals surface area (Å²) in [6.07, 6.45) is 6.99. The minimum Gasteiger partial charge on any atom is -0.263 e. The number of aryl methyl sites for hydroxylation is 1. The van der Waals surface area contributed by atoms with Crippen molar-refractivity contribution in [3.05, 3.63) is 71.1 Å². The van der Waals surface area contributed by atoms with Gasteiger partial charge in [-0.1, -0.05) is 26.8 Å². The van der Waals surface area contributed by atoms with Gasteiger partial charge < -0.3 is 0 Å². The number of nitrogens with one attached hydrogen (secondary N) is 1. The van der Waals surface area contributed by atoms with Crippen molar-refractivity contribution in [3.8, 4) is 22.8 Å². The smallest absolute Gasteiger partial charge is 0.201 e. The summed E-state index contributed by atoms with van der Waals surface area (Å²) in [5.74, 6) is 0.194. The van der Waals surface area contributed by atoms with E-state index in [1.54, 1.807) is 18.5 Å². The summed E-state index contributed by atoms with van der Waals surface area (Å²) < 4.78 is 29.0. The number of H-pyrrole nitrogens is 1. The highest BCUT2D eigenvalue weighted by Gasteiger charge is 2.65. The van der Waals surface area contributed by atoms with E-state index in [2.05, 4.69) is 51.1 Å². The van der Waals surface area contributed by atoms with Crippen LogP contribution in [0.1, 0.15) is 68.7 Å². The van der Waals surface area contributed by atoms with Gasteiger partial charge in [-0.2, -0.15) is 10.2 Å². The van der Waals surface area contributed by atoms with Crippen LogP contribution in [0.5, 0.6) is 0 Å². The van der Waals surface area contributed by atoms with Crippen molar-refractivity contribution in [3.63, 3.8) is 0 Å². The van der Waals surface area contributed by atoms with E-state index in [9.17, 15) is 8.78 Å². The van der Waals surface area contributed by atoms with E-state index in [1.165, 1.54) is 18.2 Å². The highest BCUT2D eigenvalue weighted by molar-refractivity contribution is 5.64. The van der Waals surface area contributed by atoms with Gasteiger partial charge in [0.2, 0.25) is 5.82 Å². The molecule has 0 amide bonds. The zero-order valence-electron chi connectivity index (χ0n) is 19.8. The Kier molecular flexibility index (Phi) is 4.81. The van der Waals surface area contributed by atoms with Crippen LogP contribution < -0.4 is 0 Å². The quantitative estimate of drug-likeness (QED) is 0.431. The Balaban J connectivity index is 1.48. The Morgan fingerprint density at radius 3 is 2.63 bits per heavy atom. The highest BCUT2D eigenvalue weighted by atomic mass is 19.1. The molecule has 0 radical (unpaired) electrons. The van der Waals surface area contributed by atoms with E-state index >= 15 is 0 Å². The molecule has 7 nitrogen and oxygen atoms in total. The van der Waals surface area contributed by atoms with Crippen LogP contribution in [0.3, 0.4) is 0 Å². The number of halogens is 2. The van der Waals surface area contributed by atoms with Crippen LogP contribution in [-0.2, 0) is 11.8 Å². The van der Waals surface area contributed by atoms with Crippen molar-refractivity contribution < 1.29 is 8.78 Å². The van der Waals surface area contributed by atoms with Gasteiger partial charge in [-0.3, -0.25) is 10.1 Å². The second kappa shape index (κ2) is 7.69. The summed E-state index contributed by atoms with van der Waals surface area (Å²) in [5, 5.41) is 16.2. The molecule has 1 fully saturated rings. The lowest BCUT2D eigenvalue weighted by Crippen LogP contribution is -2.38. The van der Waals surface area contributed by atoms with Crippen LogP contribution in [0.2, 0.25) is 0 Å². The normalized spacial score (nSPS) is 21.9. The molecule has 1 N–H and O–H groups in total. The summed E-state index contributed by atoms with van der Waals surface area (Å²) in [7, 11) is 0. The fraction of sp³-hybridized carbons (Fsp3) is 0.385. The maximum Gasteiger partial charge on any atom is 0.201 e. The lowest BCUT2D eigenvalue weighted by atomic mass is 9.66. The van der Waals surface area contributed by atoms with Crippen LogP contribution in [0.4, 0.5) is 8.78 Å². The van der Waals surface area contributed by atoms with Gasteiger partial charge >= 0.3 is 0 Å². The SMILES string of the molecule is CCCc1nc(-c2cncc([C@@]34CC[C@@H](c5cc(-c6c(F)cccc6F)nnc53)C4(C)C)n2)n[nH]1. The van der Waals surface area contributed by atoms with Crippen LogP contribution in [0.15, 0.2) is 36.7 Å². The van der Waals surface area contributed by atoms with Gasteiger partial charge in [0.05, 0.1) is 34.3 Å². The fourth-order valence-electron chi connectivity index (χ4n) is 6.19. The Labute approximate surface area is 201 Å². The predicted octanol–water partition coefficient (Wildman–Crippen LogP) is 5.15. The number of hydrogen-bond acceptors (Lipinski definition) is 6. The van der Waals surface area contributed by atoms with Crippen molar-refractivity contribution in [2.24, 2.45) is 5.41 Å². The average Bonchev–Trinajstić information content (AvgIpc) is 3.47. The van der Waals surface area contributed by atoms with Gasteiger partial charge in [0.15, 0.2) is 0 Å². The Hall–Kier alpha value is -3.62. The molecule has 0 aliphatic heterocycles. The molecule has 6 rings (SSSR count). The minimum absolute atomic E-state index is 0.147. The number of fused-ring (bicyclic) bond motifs is 5. The molecule has 0 spiro atoms. The van der Waals surface area contributed by atoms with Gasteiger partial charge in [-0.05, 0) is 54.4 Å². The number of rotatable bonds is 5. The van der Waals surface area contributed by atoms with Crippen LogP contribution >= 0.6 is 0 Å². The van der Waals surface area contributed by atoms with Crippen LogP contribution in [-0.4, -0.2) is 35.3 Å². The first-order valence-corrected chi connectivity index (χ1v) is 11.9. The summed E-state index contributed by atoms with van der Waals surface area (Å²) in [6.45, 7) is 6.50. The lowest BCUT2D eigenvalue weighted by Gasteiger charge is -2.37. The summed E-state index contributed by atoms with van der Waals surface area (Å²) in [4.78, 5) is 14.0. The van der Waals surface area contributed by atoms with Crippen molar-refractivity contribution >= 4 is 0 Å². The molecular weight excluding hydrogens is 448 g/mol. The molecule has 4 aromatic rings. The Morgan fingerprint density at radius 2 is 1.86 bits per heavy atom. The number of aromatic nitrogens is 7. The molecule has 1 aromatic carbocycles. The molecule has 0 saturated heterocycles. The first-order valence-electron chi connectivity index (χ1n) is 11.9. The predicted molar refractivity (Wildman–Crippen MR) is 125 cm³/mol. The Bertz CT molecular complexity index is 1430. The van der Waals surface area contributed by atoms with Crippen molar-refractivity contribution in [1.29, 1.82) is 0 Å². The molecule has 3 aromatic heterocycles. The largest absolute Gasteiger partial charge is 0.263 e. The fourth-order valence-corrected chi connectivity index (χ4v) is 6.19. The number of benzene rings is 1. The van der Waals surface area contributed by atoms with Gasteiger partial charge in [-0.15, -0.1) is 5.10 Å². The molecule has 2 atom stereocenters. The minimum atomic E-state index is -0.649. The molecule has 0 unspecified atom stereocenters. The number of aromatic amines is 1. The molecule has 2 aliphatic carbocycles. The number of hydrogen-bond donors (Lipinski definition) is 1. The van der Waals surface area contributed by atoms with E-state index in [4.69, 9.17) is 4.98 Å². The average molecular weight is 474 g/mol. The standard InChI is InChI=1S/C26H25F2N7/c1-4-6-21-31-24(35-33-21)19-12-29-13-20(30-19)26-10-9-15(25(26,2)3)14-11-18(32-34-23(14)26)22-16(27)7-5-8-17(22)28/h5,7-8,11-13,15H,4,6,9-10H2,1-3H3,(H,31,33,35)/t15-,26-/m0/s1. The van der Waals surface area contributed by atoms with Gasteiger partial charge in [0.25, 0.3) is 0 Å². The van der Waals surface area contributed by atoms with E-state index in [-0.39, 0.29) is 22.6 Å². The first-order chi connectivity index (χ1) is 16.9. The molecule has 178 valence electrons. The zero-order valence-corrected chi connectivity index (χ0v) is 19.8. The lowest BCUT2D eigenvalue weighted by molar-refractivity contribution is 0.242. The van der Waals surface area contributed by atoms with Gasteiger partial charge in [-0.25, -0.2) is 18.7 Å². The molecule has 35 heavy (non-hydrogen) atoms. The second-order valence-corrected chi connectivity index (χ2v) is 9.99. The zero-order chi connectivity index (χ0) is 24.4. The molecule has 2 bridgehead atoms. The van der Waals surface area contributed by atoms with Crippen molar-refractivity contribution in [2.45, 2.75) is 57.8 Å². The van der Waals surface area contributed by atoms with Crippen molar-refractivity contribution in [2.75, 3.05) is 0 Å². The van der Waals surface area contributed by atoms with E-state index in [1.807, 2.05) is 0 Å². The molecule has 3 heterocycles. The van der Waals surface area contributed by atoms with Gasteiger partial charge in [0.1, 0.15) is 23.2 Å². The maximum atomic E-state index is 14.5. The highest BCUT2D eigenvalue weighted by Crippen LogP contribution is 2.69. The van der Waals surface area contributed by atoms with E-state index < -0.39 is 17.0 Å².